The molecule has 1 unspecified atom stereocenters. The first kappa shape index (κ1) is 19.3. The van der Waals surface area contributed by atoms with Gasteiger partial charge >= 0.3 is 0 Å². The minimum atomic E-state index is -0.0774. The number of rotatable bonds is 6. The van der Waals surface area contributed by atoms with Crippen LogP contribution in [0.25, 0.3) is 28.1 Å². The Morgan fingerprint density at radius 1 is 1.06 bits per heavy atom. The molecule has 8 heteroatoms. The lowest BCUT2D eigenvalue weighted by Gasteiger charge is -2.14. The van der Waals surface area contributed by atoms with Gasteiger partial charge in [-0.05, 0) is 36.8 Å². The summed E-state index contributed by atoms with van der Waals surface area (Å²) in [5.41, 5.74) is 2.54. The number of fused-ring (bicyclic) bond motifs is 3. The zero-order valence-corrected chi connectivity index (χ0v) is 17.5. The minimum Gasteiger partial charge on any atom is -0.461 e. The van der Waals surface area contributed by atoms with Crippen molar-refractivity contribution in [2.24, 2.45) is 0 Å². The van der Waals surface area contributed by atoms with Crippen LogP contribution in [-0.2, 0) is 4.79 Å². The molecule has 0 aliphatic rings. The first-order valence-corrected chi connectivity index (χ1v) is 10.8. The monoisotopic (exact) mass is 429 g/mol. The van der Waals surface area contributed by atoms with Crippen LogP contribution < -0.4 is 5.32 Å². The Morgan fingerprint density at radius 2 is 1.87 bits per heavy atom. The van der Waals surface area contributed by atoms with E-state index in [1.54, 1.807) is 6.26 Å². The number of carbonyl (C=O) groups is 1. The molecule has 5 aromatic rings. The predicted octanol–water partition coefficient (Wildman–Crippen LogP) is 4.51. The number of furan rings is 1. The molecule has 1 N–H and O–H groups in total. The fourth-order valence-corrected chi connectivity index (χ4v) is 4.21. The minimum absolute atomic E-state index is 0.0752. The summed E-state index contributed by atoms with van der Waals surface area (Å²) in [4.78, 5) is 17.3. The SMILES string of the molecule is CC(NC(=O)CSc1nnc2c3ccccc3nc(-c3ccco3)n12)c1ccccc1. The molecule has 0 saturated heterocycles. The van der Waals surface area contributed by atoms with E-state index < -0.39 is 0 Å². The Bertz CT molecular complexity index is 1350. The molecule has 5 rings (SSSR count). The number of amides is 1. The van der Waals surface area contributed by atoms with E-state index in [0.29, 0.717) is 22.4 Å². The number of hydrogen-bond acceptors (Lipinski definition) is 6. The summed E-state index contributed by atoms with van der Waals surface area (Å²) >= 11 is 1.32. The zero-order valence-electron chi connectivity index (χ0n) is 16.7. The van der Waals surface area contributed by atoms with Gasteiger partial charge in [-0.3, -0.25) is 9.20 Å². The molecular formula is C23H19N5O2S. The van der Waals surface area contributed by atoms with Gasteiger partial charge in [0.25, 0.3) is 0 Å². The lowest BCUT2D eigenvalue weighted by Crippen LogP contribution is -2.28. The largest absolute Gasteiger partial charge is 0.461 e. The molecule has 3 aromatic heterocycles. The first-order valence-electron chi connectivity index (χ1n) is 9.85. The molecular weight excluding hydrogens is 410 g/mol. The lowest BCUT2D eigenvalue weighted by molar-refractivity contribution is -0.119. The summed E-state index contributed by atoms with van der Waals surface area (Å²) in [6, 6.07) is 21.2. The van der Waals surface area contributed by atoms with Gasteiger partial charge in [0.1, 0.15) is 0 Å². The Labute approximate surface area is 182 Å². The Morgan fingerprint density at radius 3 is 2.68 bits per heavy atom. The van der Waals surface area contributed by atoms with Gasteiger partial charge in [0, 0.05) is 5.39 Å². The number of nitrogens with zero attached hydrogens (tertiary/aromatic N) is 4. The number of carbonyl (C=O) groups excluding carboxylic acids is 1. The summed E-state index contributed by atoms with van der Waals surface area (Å²) < 4.78 is 7.45. The summed E-state index contributed by atoms with van der Waals surface area (Å²) in [5.74, 6) is 1.35. The van der Waals surface area contributed by atoms with E-state index in [2.05, 4.69) is 15.5 Å². The quantitative estimate of drug-likeness (QED) is 0.400. The molecule has 0 bridgehead atoms. The highest BCUT2D eigenvalue weighted by Gasteiger charge is 2.19. The van der Waals surface area contributed by atoms with Crippen LogP contribution in [0.3, 0.4) is 0 Å². The first-order chi connectivity index (χ1) is 15.2. The summed E-state index contributed by atoms with van der Waals surface area (Å²) in [5, 5.41) is 13.2. The number of thioether (sulfide) groups is 1. The molecule has 7 nitrogen and oxygen atoms in total. The average Bonchev–Trinajstić information content (AvgIpc) is 3.48. The van der Waals surface area contributed by atoms with Crippen molar-refractivity contribution < 1.29 is 9.21 Å². The van der Waals surface area contributed by atoms with E-state index in [0.717, 1.165) is 16.5 Å². The molecule has 0 aliphatic carbocycles. The number of hydrogen-bond donors (Lipinski definition) is 1. The van der Waals surface area contributed by atoms with Gasteiger partial charge < -0.3 is 9.73 Å². The third-order valence-electron chi connectivity index (χ3n) is 4.97. The van der Waals surface area contributed by atoms with Crippen molar-refractivity contribution in [2.45, 2.75) is 18.1 Å². The van der Waals surface area contributed by atoms with Crippen molar-refractivity contribution in [1.29, 1.82) is 0 Å². The third-order valence-corrected chi connectivity index (χ3v) is 5.90. The van der Waals surface area contributed by atoms with Gasteiger partial charge in [0.05, 0.1) is 23.6 Å². The molecule has 0 spiro atoms. The van der Waals surface area contributed by atoms with Gasteiger partial charge in [-0.2, -0.15) is 0 Å². The van der Waals surface area contributed by atoms with Crippen molar-refractivity contribution in [3.63, 3.8) is 0 Å². The van der Waals surface area contributed by atoms with Crippen molar-refractivity contribution in [3.05, 3.63) is 78.6 Å². The third kappa shape index (κ3) is 3.77. The zero-order chi connectivity index (χ0) is 21.2. The van der Waals surface area contributed by atoms with E-state index in [4.69, 9.17) is 9.40 Å². The number of para-hydroxylation sites is 1. The molecule has 1 atom stereocenters. The Kier molecular flexibility index (Phi) is 5.13. The number of aromatic nitrogens is 4. The maximum Gasteiger partial charge on any atom is 0.230 e. The fraction of sp³-hybridized carbons (Fsp3) is 0.130. The highest BCUT2D eigenvalue weighted by Crippen LogP contribution is 2.29. The van der Waals surface area contributed by atoms with Crippen LogP contribution in [0.15, 0.2) is 82.6 Å². The van der Waals surface area contributed by atoms with Crippen LogP contribution >= 0.6 is 11.8 Å². The summed E-state index contributed by atoms with van der Waals surface area (Å²) in [6.07, 6.45) is 1.60. The molecule has 1 amide bonds. The normalized spacial score (nSPS) is 12.3. The molecule has 3 heterocycles. The molecule has 0 aliphatic heterocycles. The Hall–Kier alpha value is -3.65. The Balaban J connectivity index is 1.44. The van der Waals surface area contributed by atoms with Gasteiger partial charge in [-0.15, -0.1) is 10.2 Å². The van der Waals surface area contributed by atoms with Crippen LogP contribution in [-0.4, -0.2) is 31.2 Å². The smallest absolute Gasteiger partial charge is 0.230 e. The fourth-order valence-electron chi connectivity index (χ4n) is 3.46. The maximum atomic E-state index is 12.6. The van der Waals surface area contributed by atoms with Crippen molar-refractivity contribution in [1.82, 2.24) is 24.9 Å². The second-order valence-corrected chi connectivity index (χ2v) is 8.00. The van der Waals surface area contributed by atoms with Gasteiger partial charge in [-0.25, -0.2) is 4.98 Å². The summed E-state index contributed by atoms with van der Waals surface area (Å²) in [6.45, 7) is 1.97. The van der Waals surface area contributed by atoms with Crippen LogP contribution in [0.1, 0.15) is 18.5 Å². The predicted molar refractivity (Wildman–Crippen MR) is 120 cm³/mol. The van der Waals surface area contributed by atoms with Gasteiger partial charge in [0.2, 0.25) is 5.91 Å². The molecule has 2 aromatic carbocycles. The topological polar surface area (TPSA) is 85.3 Å². The van der Waals surface area contributed by atoms with Crippen molar-refractivity contribution in [3.8, 4) is 11.6 Å². The van der Waals surface area contributed by atoms with Gasteiger partial charge in [-0.1, -0.05) is 54.2 Å². The average molecular weight is 430 g/mol. The molecule has 0 saturated carbocycles. The van der Waals surface area contributed by atoms with E-state index in [9.17, 15) is 4.79 Å². The summed E-state index contributed by atoms with van der Waals surface area (Å²) in [7, 11) is 0. The second kappa shape index (κ2) is 8.23. The van der Waals surface area contributed by atoms with Crippen LogP contribution in [0.4, 0.5) is 0 Å². The van der Waals surface area contributed by atoms with Gasteiger partial charge in [0.15, 0.2) is 22.4 Å². The highest BCUT2D eigenvalue weighted by atomic mass is 32.2. The van der Waals surface area contributed by atoms with Crippen molar-refractivity contribution >= 4 is 34.2 Å². The van der Waals surface area contributed by atoms with Crippen LogP contribution in [0, 0.1) is 0 Å². The number of benzene rings is 2. The lowest BCUT2D eigenvalue weighted by atomic mass is 10.1. The van der Waals surface area contributed by atoms with E-state index >= 15 is 0 Å². The van der Waals surface area contributed by atoms with E-state index in [1.807, 2.05) is 78.1 Å². The molecule has 0 radical (unpaired) electrons. The highest BCUT2D eigenvalue weighted by molar-refractivity contribution is 7.99. The molecule has 31 heavy (non-hydrogen) atoms. The maximum absolute atomic E-state index is 12.6. The molecule has 154 valence electrons. The van der Waals surface area contributed by atoms with E-state index in [1.165, 1.54) is 11.8 Å². The van der Waals surface area contributed by atoms with Crippen LogP contribution in [0.2, 0.25) is 0 Å². The molecule has 0 fully saturated rings. The number of nitrogens with one attached hydrogen (secondary N) is 1. The second-order valence-electron chi connectivity index (χ2n) is 7.06. The van der Waals surface area contributed by atoms with E-state index in [-0.39, 0.29) is 17.7 Å². The van der Waals surface area contributed by atoms with Crippen molar-refractivity contribution in [2.75, 3.05) is 5.75 Å². The standard InChI is InChI=1S/C23H19N5O2S/c1-15(16-8-3-2-4-9-16)24-20(29)14-31-23-27-26-21-17-10-5-6-11-18(17)25-22(28(21)23)19-12-7-13-30-19/h2-13,15H,14H2,1H3,(H,24,29). The van der Waals surface area contributed by atoms with Crippen LogP contribution in [0.5, 0.6) is 0 Å².